The normalized spacial score (nSPS) is 13.0. The van der Waals surface area contributed by atoms with Gasteiger partial charge in [0.25, 0.3) is 0 Å². The van der Waals surface area contributed by atoms with Gasteiger partial charge in [0.1, 0.15) is 0 Å². The fraction of sp³-hybridized carbons (Fsp3) is 0. The molecule has 0 aromatic heterocycles. The van der Waals surface area contributed by atoms with Gasteiger partial charge in [-0.15, -0.1) is 0 Å². The third kappa shape index (κ3) is 3.96. The molecule has 1 heterocycles. The molecule has 0 fully saturated rings. The quantitative estimate of drug-likeness (QED) is 0.218. The fourth-order valence-corrected chi connectivity index (χ4v) is 16.3. The molecule has 0 radical (unpaired) electrons. The fourth-order valence-electron chi connectivity index (χ4n) is 5.94. The van der Waals surface area contributed by atoms with Crippen molar-refractivity contribution in [2.24, 2.45) is 0 Å². The summed E-state index contributed by atoms with van der Waals surface area (Å²) in [5, 5.41) is 0. The second kappa shape index (κ2) is 9.97. The van der Waals surface area contributed by atoms with Crippen LogP contribution in [0.4, 0.5) is 17.1 Å². The summed E-state index contributed by atoms with van der Waals surface area (Å²) in [4.78, 5) is 2.30. The van der Waals surface area contributed by atoms with E-state index in [9.17, 15) is 0 Å². The zero-order chi connectivity index (χ0) is 26.1. The zero-order valence-electron chi connectivity index (χ0n) is 21.4. The van der Waals surface area contributed by atoms with Gasteiger partial charge in [0.05, 0.1) is 0 Å². The van der Waals surface area contributed by atoms with E-state index in [1.165, 1.54) is 17.6 Å². The topological polar surface area (TPSA) is 12.5 Å². The summed E-state index contributed by atoms with van der Waals surface area (Å²) in [6, 6.07) is 58.7. The molecule has 0 saturated carbocycles. The average molecular weight is 562 g/mol. The van der Waals surface area contributed by atoms with Gasteiger partial charge in [-0.05, 0) is 0 Å². The third-order valence-electron chi connectivity index (χ3n) is 7.58. The molecule has 0 atom stereocenters. The van der Waals surface area contributed by atoms with Gasteiger partial charge in [-0.1, -0.05) is 0 Å². The SMILES string of the molecule is c1ccc(N(c2ccccc2)c2cc[c]3c(c2)Oc2cccc[c]2[Ge]3([c]2ccccc2)[c]2ccccc2)cc1. The first kappa shape index (κ1) is 23.6. The minimum atomic E-state index is -3.38. The van der Waals surface area contributed by atoms with E-state index in [-0.39, 0.29) is 0 Å². The van der Waals surface area contributed by atoms with Crippen molar-refractivity contribution in [3.8, 4) is 11.5 Å². The molecule has 0 unspecified atom stereocenters. The van der Waals surface area contributed by atoms with Crippen molar-refractivity contribution in [1.29, 1.82) is 0 Å². The molecule has 1 aliphatic rings. The molecule has 0 saturated heterocycles. The number of para-hydroxylation sites is 3. The van der Waals surface area contributed by atoms with Gasteiger partial charge in [-0.25, -0.2) is 0 Å². The summed E-state index contributed by atoms with van der Waals surface area (Å²) in [6.07, 6.45) is 0. The van der Waals surface area contributed by atoms with E-state index in [4.69, 9.17) is 4.74 Å². The molecule has 186 valence electrons. The zero-order valence-corrected chi connectivity index (χ0v) is 23.5. The first-order valence-electron chi connectivity index (χ1n) is 13.3. The van der Waals surface area contributed by atoms with Gasteiger partial charge in [-0.3, -0.25) is 0 Å². The van der Waals surface area contributed by atoms with Crippen LogP contribution in [-0.2, 0) is 0 Å². The van der Waals surface area contributed by atoms with E-state index in [1.54, 1.807) is 0 Å². The van der Waals surface area contributed by atoms with Gasteiger partial charge in [0.15, 0.2) is 0 Å². The monoisotopic (exact) mass is 563 g/mol. The van der Waals surface area contributed by atoms with Crippen molar-refractivity contribution in [1.82, 2.24) is 0 Å². The molecule has 7 rings (SSSR count). The van der Waals surface area contributed by atoms with Crippen LogP contribution in [0, 0.1) is 0 Å². The van der Waals surface area contributed by atoms with Crippen LogP contribution in [0.5, 0.6) is 11.5 Å². The van der Waals surface area contributed by atoms with Gasteiger partial charge < -0.3 is 0 Å². The van der Waals surface area contributed by atoms with Crippen molar-refractivity contribution in [2.75, 3.05) is 4.90 Å². The molecule has 1 aliphatic heterocycles. The Kier molecular flexibility index (Phi) is 6.03. The number of benzene rings is 6. The van der Waals surface area contributed by atoms with Crippen LogP contribution >= 0.6 is 0 Å². The van der Waals surface area contributed by atoms with E-state index in [0.29, 0.717) is 0 Å². The summed E-state index contributed by atoms with van der Waals surface area (Å²) < 4.78 is 12.2. The van der Waals surface area contributed by atoms with E-state index < -0.39 is 13.3 Å². The van der Waals surface area contributed by atoms with Crippen molar-refractivity contribution < 1.29 is 4.74 Å². The summed E-state index contributed by atoms with van der Waals surface area (Å²) in [5.74, 6) is 1.90. The number of rotatable bonds is 5. The van der Waals surface area contributed by atoms with Crippen LogP contribution < -0.4 is 27.2 Å². The van der Waals surface area contributed by atoms with E-state index in [2.05, 4.69) is 169 Å². The first-order chi connectivity index (χ1) is 19.4. The van der Waals surface area contributed by atoms with Crippen molar-refractivity contribution in [2.45, 2.75) is 0 Å². The molecule has 0 bridgehead atoms. The molecule has 0 amide bonds. The Bertz CT molecular complexity index is 1640. The van der Waals surface area contributed by atoms with Crippen molar-refractivity contribution >= 4 is 47.9 Å². The molecule has 6 aromatic rings. The third-order valence-corrected chi connectivity index (χ3v) is 17.7. The molecule has 6 aromatic carbocycles. The van der Waals surface area contributed by atoms with Crippen LogP contribution in [0.15, 0.2) is 164 Å². The van der Waals surface area contributed by atoms with Crippen LogP contribution in [0.1, 0.15) is 0 Å². The Morgan fingerprint density at radius 3 is 1.41 bits per heavy atom. The maximum atomic E-state index is 6.76. The number of nitrogens with zero attached hydrogens (tertiary/aromatic N) is 1. The van der Waals surface area contributed by atoms with E-state index in [1.807, 2.05) is 0 Å². The molecule has 0 N–H and O–H groups in total. The Labute approximate surface area is 232 Å². The Hall–Kier alpha value is -4.54. The molecule has 0 aliphatic carbocycles. The number of ether oxygens (including phenoxy) is 1. The van der Waals surface area contributed by atoms with Crippen LogP contribution in [0.25, 0.3) is 0 Å². The summed E-state index contributed by atoms with van der Waals surface area (Å²) in [5.41, 5.74) is 3.29. The van der Waals surface area contributed by atoms with Gasteiger partial charge >= 0.3 is 233 Å². The second-order valence-corrected chi connectivity index (χ2v) is 17.6. The molecular weight excluding hydrogens is 535 g/mol. The van der Waals surface area contributed by atoms with E-state index in [0.717, 1.165) is 28.6 Å². The minimum absolute atomic E-state index is 0.941. The molecule has 3 heteroatoms. The van der Waals surface area contributed by atoms with Gasteiger partial charge in [0, 0.05) is 0 Å². The second-order valence-electron chi connectivity index (χ2n) is 9.77. The van der Waals surface area contributed by atoms with Crippen molar-refractivity contribution in [3.63, 3.8) is 0 Å². The Morgan fingerprint density at radius 1 is 0.385 bits per heavy atom. The average Bonchev–Trinajstić information content (AvgIpc) is 3.02. The molecule has 2 nitrogen and oxygen atoms in total. The molecule has 39 heavy (non-hydrogen) atoms. The van der Waals surface area contributed by atoms with Gasteiger partial charge in [-0.2, -0.15) is 0 Å². The summed E-state index contributed by atoms with van der Waals surface area (Å²) in [7, 11) is 0. The van der Waals surface area contributed by atoms with Gasteiger partial charge in [0.2, 0.25) is 0 Å². The first-order valence-corrected chi connectivity index (χ1v) is 17.5. The van der Waals surface area contributed by atoms with Crippen LogP contribution in [0.2, 0.25) is 0 Å². The standard InChI is InChI=1S/C36H27GeNO/c1-5-15-28(16-6-1)37(29-17-7-2-8-18-29)33-23-13-14-24-35(33)39-36-27-32(25-26-34(36)37)38(30-19-9-3-10-20-30)31-21-11-4-12-22-31/h1-27H. The number of fused-ring (bicyclic) bond motifs is 2. The predicted octanol–water partition coefficient (Wildman–Crippen LogP) is 6.64. The number of anilines is 3. The molecular formula is C36H27GeNO. The summed E-state index contributed by atoms with van der Waals surface area (Å²) >= 11 is -3.38. The van der Waals surface area contributed by atoms with Crippen molar-refractivity contribution in [3.05, 3.63) is 164 Å². The van der Waals surface area contributed by atoms with Crippen LogP contribution in [-0.4, -0.2) is 13.3 Å². The number of hydrogen-bond donors (Lipinski definition) is 0. The van der Waals surface area contributed by atoms with Crippen LogP contribution in [0.3, 0.4) is 0 Å². The van der Waals surface area contributed by atoms with E-state index >= 15 is 0 Å². The Balaban J connectivity index is 1.51. The predicted molar refractivity (Wildman–Crippen MR) is 165 cm³/mol. The summed E-state index contributed by atoms with van der Waals surface area (Å²) in [6.45, 7) is 0. The maximum absolute atomic E-state index is 6.76. The molecule has 0 spiro atoms. The number of hydrogen-bond acceptors (Lipinski definition) is 2. The Morgan fingerprint density at radius 2 is 0.846 bits per heavy atom.